The highest BCUT2D eigenvalue weighted by Crippen LogP contribution is 2.00. The molecule has 19 heavy (non-hydrogen) atoms. The van der Waals surface area contributed by atoms with Gasteiger partial charge in [0.1, 0.15) is 5.82 Å². The zero-order valence-electron chi connectivity index (χ0n) is 11.1. The third-order valence-corrected chi connectivity index (χ3v) is 2.93. The van der Waals surface area contributed by atoms with E-state index in [1.54, 1.807) is 6.20 Å². The van der Waals surface area contributed by atoms with Gasteiger partial charge in [0.05, 0.1) is 13.2 Å². The van der Waals surface area contributed by atoms with E-state index in [0.717, 1.165) is 39.3 Å². The number of hydrogen-bond acceptors (Lipinski definition) is 4. The minimum atomic E-state index is 0.407. The minimum Gasteiger partial charge on any atom is -0.380 e. The molecule has 0 bridgehead atoms. The Labute approximate surface area is 113 Å². The number of guanidine groups is 1. The lowest BCUT2D eigenvalue weighted by molar-refractivity contribution is 0.142. The summed E-state index contributed by atoms with van der Waals surface area (Å²) in [4.78, 5) is 10.8. The quantitative estimate of drug-likeness (QED) is 0.612. The topological polar surface area (TPSA) is 75.8 Å². The van der Waals surface area contributed by atoms with Crippen molar-refractivity contribution in [3.8, 4) is 0 Å². The van der Waals surface area contributed by atoms with Crippen LogP contribution in [0.2, 0.25) is 0 Å². The Kier molecular flexibility index (Phi) is 5.58. The number of hydrogen-bond donors (Lipinski definition) is 2. The fraction of sp³-hybridized carbons (Fsp3) is 0.538. The maximum atomic E-state index is 5.81. The summed E-state index contributed by atoms with van der Waals surface area (Å²) in [5.74, 6) is 1.12. The first-order chi connectivity index (χ1) is 9.34. The standard InChI is InChI=1S/C13H21N5O/c14-13(17-12-4-1-2-5-15-12)16-6-8-18-7-3-10-19-11-9-18/h1-2,4-5H,3,6-11H2,(H3,14,15,16,17). The summed E-state index contributed by atoms with van der Waals surface area (Å²) in [6, 6.07) is 5.62. The van der Waals surface area contributed by atoms with Crippen molar-refractivity contribution in [3.05, 3.63) is 24.4 Å². The van der Waals surface area contributed by atoms with Crippen molar-refractivity contribution in [3.63, 3.8) is 0 Å². The average Bonchev–Trinajstić information content (AvgIpc) is 2.68. The summed E-state index contributed by atoms with van der Waals surface area (Å²) in [5.41, 5.74) is 5.81. The molecule has 6 heteroatoms. The maximum absolute atomic E-state index is 5.81. The molecular formula is C13H21N5O. The molecule has 0 aliphatic carbocycles. The summed E-state index contributed by atoms with van der Waals surface area (Å²) in [5, 5.41) is 2.97. The van der Waals surface area contributed by atoms with Crippen LogP contribution < -0.4 is 11.1 Å². The van der Waals surface area contributed by atoms with E-state index in [1.165, 1.54) is 0 Å². The second kappa shape index (κ2) is 7.70. The fourth-order valence-corrected chi connectivity index (χ4v) is 1.94. The Morgan fingerprint density at radius 2 is 2.37 bits per heavy atom. The molecule has 1 aromatic rings. The lowest BCUT2D eigenvalue weighted by atomic mass is 10.4. The third-order valence-electron chi connectivity index (χ3n) is 2.93. The Hall–Kier alpha value is -1.66. The van der Waals surface area contributed by atoms with Gasteiger partial charge in [0.15, 0.2) is 5.96 Å². The van der Waals surface area contributed by atoms with Crippen LogP contribution in [0.1, 0.15) is 6.42 Å². The molecule has 1 saturated heterocycles. The highest BCUT2D eigenvalue weighted by atomic mass is 16.5. The number of nitrogens with two attached hydrogens (primary N) is 1. The smallest absolute Gasteiger partial charge is 0.194 e. The molecule has 6 nitrogen and oxygen atoms in total. The van der Waals surface area contributed by atoms with Crippen LogP contribution >= 0.6 is 0 Å². The molecule has 1 aromatic heterocycles. The van der Waals surface area contributed by atoms with Gasteiger partial charge in [0.25, 0.3) is 0 Å². The summed E-state index contributed by atoms with van der Waals surface area (Å²) >= 11 is 0. The monoisotopic (exact) mass is 263 g/mol. The molecule has 0 spiro atoms. The van der Waals surface area contributed by atoms with E-state index in [2.05, 4.69) is 20.2 Å². The average molecular weight is 263 g/mol. The SMILES string of the molecule is NC(=NCCN1CCCOCC1)Nc1ccccn1. The lowest BCUT2D eigenvalue weighted by Gasteiger charge is -2.17. The van der Waals surface area contributed by atoms with Gasteiger partial charge in [0.2, 0.25) is 0 Å². The van der Waals surface area contributed by atoms with Crippen LogP contribution in [0.4, 0.5) is 5.82 Å². The molecule has 0 saturated carbocycles. The highest BCUT2D eigenvalue weighted by molar-refractivity contribution is 5.91. The molecule has 0 amide bonds. The molecule has 0 atom stereocenters. The molecule has 2 heterocycles. The molecule has 104 valence electrons. The van der Waals surface area contributed by atoms with Gasteiger partial charge in [-0.15, -0.1) is 0 Å². The number of nitrogens with zero attached hydrogens (tertiary/aromatic N) is 3. The molecular weight excluding hydrogens is 242 g/mol. The number of ether oxygens (including phenoxy) is 1. The van der Waals surface area contributed by atoms with Crippen molar-refractivity contribution in [2.24, 2.45) is 10.7 Å². The van der Waals surface area contributed by atoms with Crippen molar-refractivity contribution < 1.29 is 4.74 Å². The van der Waals surface area contributed by atoms with Crippen LogP contribution in [0.5, 0.6) is 0 Å². The van der Waals surface area contributed by atoms with Gasteiger partial charge >= 0.3 is 0 Å². The molecule has 0 radical (unpaired) electrons. The van der Waals surface area contributed by atoms with E-state index in [4.69, 9.17) is 10.5 Å². The van der Waals surface area contributed by atoms with Crippen LogP contribution in [-0.4, -0.2) is 55.2 Å². The first-order valence-corrected chi connectivity index (χ1v) is 6.63. The minimum absolute atomic E-state index is 0.407. The number of anilines is 1. The van der Waals surface area contributed by atoms with Crippen LogP contribution in [-0.2, 0) is 4.74 Å². The normalized spacial score (nSPS) is 18.0. The summed E-state index contributed by atoms with van der Waals surface area (Å²) in [6.07, 6.45) is 2.80. The fourth-order valence-electron chi connectivity index (χ4n) is 1.94. The van der Waals surface area contributed by atoms with E-state index in [9.17, 15) is 0 Å². The molecule has 2 rings (SSSR count). The Morgan fingerprint density at radius 3 is 3.21 bits per heavy atom. The van der Waals surface area contributed by atoms with Crippen LogP contribution in [0.3, 0.4) is 0 Å². The third kappa shape index (κ3) is 5.23. The maximum Gasteiger partial charge on any atom is 0.194 e. The molecule has 0 unspecified atom stereocenters. The second-order valence-electron chi connectivity index (χ2n) is 4.41. The van der Waals surface area contributed by atoms with Gasteiger partial charge in [-0.3, -0.25) is 9.89 Å². The van der Waals surface area contributed by atoms with Crippen LogP contribution in [0.25, 0.3) is 0 Å². The van der Waals surface area contributed by atoms with Crippen LogP contribution in [0.15, 0.2) is 29.4 Å². The van der Waals surface area contributed by atoms with Crippen molar-refractivity contribution in [1.29, 1.82) is 0 Å². The number of aliphatic imine (C=N–C) groups is 1. The summed E-state index contributed by atoms with van der Waals surface area (Å²) in [7, 11) is 0. The second-order valence-corrected chi connectivity index (χ2v) is 4.41. The predicted octanol–water partition coefficient (Wildman–Crippen LogP) is 0.530. The zero-order valence-corrected chi connectivity index (χ0v) is 11.1. The van der Waals surface area contributed by atoms with Gasteiger partial charge in [-0.25, -0.2) is 4.98 Å². The number of rotatable bonds is 4. The number of pyridine rings is 1. The summed E-state index contributed by atoms with van der Waals surface area (Å²) < 4.78 is 5.41. The van der Waals surface area contributed by atoms with Crippen molar-refractivity contribution in [2.45, 2.75) is 6.42 Å². The first kappa shape index (κ1) is 13.8. The van der Waals surface area contributed by atoms with Gasteiger partial charge in [-0.1, -0.05) is 6.07 Å². The predicted molar refractivity (Wildman–Crippen MR) is 76.2 cm³/mol. The summed E-state index contributed by atoms with van der Waals surface area (Å²) in [6.45, 7) is 5.32. The van der Waals surface area contributed by atoms with E-state index in [-0.39, 0.29) is 0 Å². The van der Waals surface area contributed by atoms with Crippen molar-refractivity contribution in [1.82, 2.24) is 9.88 Å². The van der Waals surface area contributed by atoms with Gasteiger partial charge < -0.3 is 15.8 Å². The van der Waals surface area contributed by atoms with E-state index >= 15 is 0 Å². The Balaban J connectivity index is 1.72. The van der Waals surface area contributed by atoms with Gasteiger partial charge in [-0.05, 0) is 18.6 Å². The van der Waals surface area contributed by atoms with Crippen LogP contribution in [0, 0.1) is 0 Å². The van der Waals surface area contributed by atoms with E-state index in [1.807, 2.05) is 18.2 Å². The highest BCUT2D eigenvalue weighted by Gasteiger charge is 2.07. The molecule has 1 aliphatic rings. The Bertz CT molecular complexity index is 387. The van der Waals surface area contributed by atoms with E-state index in [0.29, 0.717) is 18.3 Å². The Morgan fingerprint density at radius 1 is 1.42 bits per heavy atom. The first-order valence-electron chi connectivity index (χ1n) is 6.63. The molecule has 1 aliphatic heterocycles. The lowest BCUT2D eigenvalue weighted by Crippen LogP contribution is -2.30. The van der Waals surface area contributed by atoms with E-state index < -0.39 is 0 Å². The van der Waals surface area contributed by atoms with Gasteiger partial charge in [-0.2, -0.15) is 0 Å². The number of nitrogens with one attached hydrogen (secondary N) is 1. The van der Waals surface area contributed by atoms with Crippen molar-refractivity contribution in [2.75, 3.05) is 44.7 Å². The molecule has 1 fully saturated rings. The van der Waals surface area contributed by atoms with Crippen molar-refractivity contribution >= 4 is 11.8 Å². The zero-order chi connectivity index (χ0) is 13.3. The number of aromatic nitrogens is 1. The van der Waals surface area contributed by atoms with Gasteiger partial charge in [0, 0.05) is 32.4 Å². The molecule has 0 aromatic carbocycles. The largest absolute Gasteiger partial charge is 0.380 e. The molecule has 3 N–H and O–H groups in total.